The van der Waals surface area contributed by atoms with Crippen LogP contribution >= 0.6 is 0 Å². The van der Waals surface area contributed by atoms with Gasteiger partial charge in [0.15, 0.2) is 5.69 Å². The molecule has 0 saturated carbocycles. The Morgan fingerprint density at radius 2 is 1.93 bits per heavy atom. The third-order valence-corrected chi connectivity index (χ3v) is 2.13. The van der Waals surface area contributed by atoms with Gasteiger partial charge in [0, 0.05) is 18.4 Å². The van der Waals surface area contributed by atoms with E-state index in [-0.39, 0.29) is 0 Å². The van der Waals surface area contributed by atoms with Crippen LogP contribution in [0, 0.1) is 6.57 Å². The highest BCUT2D eigenvalue weighted by Crippen LogP contribution is 2.20. The summed E-state index contributed by atoms with van der Waals surface area (Å²) in [5, 5.41) is 0. The van der Waals surface area contributed by atoms with E-state index in [1.54, 1.807) is 0 Å². The first kappa shape index (κ1) is 8.58. The smallest absolute Gasteiger partial charge is 0.187 e. The normalized spacial score (nSPS) is 14.1. The summed E-state index contributed by atoms with van der Waals surface area (Å²) in [6.45, 7) is 7.74. The summed E-state index contributed by atoms with van der Waals surface area (Å²) >= 11 is 0. The van der Waals surface area contributed by atoms with Gasteiger partial charge in [-0.3, -0.25) is 0 Å². The van der Waals surface area contributed by atoms with Crippen LogP contribution in [0.5, 0.6) is 0 Å². The second kappa shape index (κ2) is 3.80. The average Bonchev–Trinajstić information content (AvgIpc) is 2.30. The molecule has 0 aromatic heterocycles. The highest BCUT2D eigenvalue weighted by Gasteiger charge is 2.02. The Bertz CT molecular complexity index is 407. The third kappa shape index (κ3) is 1.67. The number of nitrogens with zero attached hydrogens (tertiary/aromatic N) is 2. The molecule has 14 heavy (non-hydrogen) atoms. The van der Waals surface area contributed by atoms with E-state index in [4.69, 9.17) is 6.57 Å². The molecule has 2 heteroatoms. The molecule has 0 amide bonds. The lowest BCUT2D eigenvalue weighted by Gasteiger charge is -2.20. The lowest BCUT2D eigenvalue weighted by molar-refractivity contribution is 1.07. The van der Waals surface area contributed by atoms with Crippen LogP contribution in [0.15, 0.2) is 48.7 Å². The first-order chi connectivity index (χ1) is 6.90. The molecule has 0 fully saturated rings. The second-order valence-electron chi connectivity index (χ2n) is 3.05. The van der Waals surface area contributed by atoms with Crippen LogP contribution in [-0.2, 0) is 0 Å². The maximum absolute atomic E-state index is 6.84. The zero-order valence-corrected chi connectivity index (χ0v) is 7.72. The zero-order valence-electron chi connectivity index (χ0n) is 7.72. The molecule has 2 nitrogen and oxygen atoms in total. The van der Waals surface area contributed by atoms with Gasteiger partial charge in [-0.25, -0.2) is 4.85 Å². The highest BCUT2D eigenvalue weighted by molar-refractivity contribution is 5.57. The zero-order chi connectivity index (χ0) is 9.80. The van der Waals surface area contributed by atoms with Crippen LogP contribution in [0.1, 0.15) is 0 Å². The van der Waals surface area contributed by atoms with Crippen molar-refractivity contribution >= 4 is 11.4 Å². The van der Waals surface area contributed by atoms with Crippen molar-refractivity contribution in [3.63, 3.8) is 0 Å². The number of rotatable bonds is 1. The van der Waals surface area contributed by atoms with Gasteiger partial charge in [-0.15, -0.1) is 0 Å². The summed E-state index contributed by atoms with van der Waals surface area (Å²) in [6, 6.07) is 7.62. The molecular weight excluding hydrogens is 172 g/mol. The van der Waals surface area contributed by atoms with Gasteiger partial charge in [-0.1, -0.05) is 24.3 Å². The molecule has 0 atom stereocenters. The Morgan fingerprint density at radius 1 is 1.14 bits per heavy atom. The number of benzene rings is 1. The van der Waals surface area contributed by atoms with Gasteiger partial charge in [0.2, 0.25) is 0 Å². The van der Waals surface area contributed by atoms with Crippen molar-refractivity contribution in [2.45, 2.75) is 0 Å². The Morgan fingerprint density at radius 3 is 2.50 bits per heavy atom. The van der Waals surface area contributed by atoms with Crippen molar-refractivity contribution in [2.75, 3.05) is 11.4 Å². The largest absolute Gasteiger partial charge is 0.344 e. The van der Waals surface area contributed by atoms with Crippen molar-refractivity contribution in [3.8, 4) is 0 Å². The molecule has 0 N–H and O–H groups in total. The topological polar surface area (TPSA) is 7.60 Å². The maximum Gasteiger partial charge on any atom is 0.187 e. The molecule has 0 radical (unpaired) electrons. The molecule has 0 bridgehead atoms. The van der Waals surface area contributed by atoms with E-state index in [0.717, 1.165) is 12.2 Å². The van der Waals surface area contributed by atoms with Crippen LogP contribution in [0.25, 0.3) is 4.85 Å². The van der Waals surface area contributed by atoms with Gasteiger partial charge in [0.1, 0.15) is 0 Å². The fourth-order valence-corrected chi connectivity index (χ4v) is 1.38. The number of hydrogen-bond donors (Lipinski definition) is 0. The van der Waals surface area contributed by atoms with E-state index in [2.05, 4.69) is 15.8 Å². The Kier molecular flexibility index (Phi) is 2.33. The minimum absolute atomic E-state index is 0.685. The van der Waals surface area contributed by atoms with E-state index in [1.807, 2.05) is 42.6 Å². The van der Waals surface area contributed by atoms with Crippen LogP contribution in [0.4, 0.5) is 11.4 Å². The summed E-state index contributed by atoms with van der Waals surface area (Å²) in [4.78, 5) is 5.49. The summed E-state index contributed by atoms with van der Waals surface area (Å²) in [7, 11) is 0. The Hall–Kier alpha value is -2.01. The number of allylic oxidation sites excluding steroid dienone is 2. The van der Waals surface area contributed by atoms with Crippen molar-refractivity contribution in [2.24, 2.45) is 0 Å². The Balaban J connectivity index is 2.21. The predicted molar refractivity (Wildman–Crippen MR) is 58.3 cm³/mol. The van der Waals surface area contributed by atoms with E-state index in [1.165, 1.54) is 0 Å². The average molecular weight is 182 g/mol. The molecule has 68 valence electrons. The van der Waals surface area contributed by atoms with Gasteiger partial charge in [-0.05, 0) is 18.2 Å². The van der Waals surface area contributed by atoms with Gasteiger partial charge < -0.3 is 4.90 Å². The third-order valence-electron chi connectivity index (χ3n) is 2.13. The molecule has 1 heterocycles. The van der Waals surface area contributed by atoms with Crippen molar-refractivity contribution in [3.05, 3.63) is 60.1 Å². The lowest BCUT2D eigenvalue weighted by Crippen LogP contribution is -2.16. The van der Waals surface area contributed by atoms with Gasteiger partial charge >= 0.3 is 0 Å². The summed E-state index contributed by atoms with van der Waals surface area (Å²) in [5.74, 6) is 0. The standard InChI is InChI=1S/C12H10N2/c1-13-11-5-7-12(8-6-11)14-9-3-2-4-10-14/h2-9H,10H2. The molecule has 1 aliphatic heterocycles. The summed E-state index contributed by atoms with van der Waals surface area (Å²) in [5.41, 5.74) is 1.81. The minimum Gasteiger partial charge on any atom is -0.344 e. The van der Waals surface area contributed by atoms with Gasteiger partial charge in [0.25, 0.3) is 0 Å². The molecule has 1 aliphatic rings. The van der Waals surface area contributed by atoms with E-state index < -0.39 is 0 Å². The van der Waals surface area contributed by atoms with E-state index in [0.29, 0.717) is 5.69 Å². The Labute approximate surface area is 83.6 Å². The molecule has 0 unspecified atom stereocenters. The lowest BCUT2D eigenvalue weighted by atomic mass is 10.2. The van der Waals surface area contributed by atoms with Crippen LogP contribution in [0.2, 0.25) is 0 Å². The van der Waals surface area contributed by atoms with E-state index in [9.17, 15) is 0 Å². The first-order valence-electron chi connectivity index (χ1n) is 4.47. The number of hydrogen-bond acceptors (Lipinski definition) is 1. The second-order valence-corrected chi connectivity index (χ2v) is 3.05. The van der Waals surface area contributed by atoms with Crippen LogP contribution < -0.4 is 4.90 Å². The SMILES string of the molecule is [C-]#[N+]c1ccc(N2C=CC=CC2)cc1. The molecular formula is C12H10N2. The molecule has 0 saturated heterocycles. The van der Waals surface area contributed by atoms with Crippen molar-refractivity contribution in [1.29, 1.82) is 0 Å². The van der Waals surface area contributed by atoms with Gasteiger partial charge in [-0.2, -0.15) is 0 Å². The number of anilines is 1. The molecule has 1 aromatic carbocycles. The maximum atomic E-state index is 6.84. The van der Waals surface area contributed by atoms with Crippen molar-refractivity contribution in [1.82, 2.24) is 0 Å². The molecule has 1 aromatic rings. The fraction of sp³-hybridized carbons (Fsp3) is 0.0833. The van der Waals surface area contributed by atoms with E-state index >= 15 is 0 Å². The first-order valence-corrected chi connectivity index (χ1v) is 4.47. The monoisotopic (exact) mass is 182 g/mol. The molecule has 0 spiro atoms. The predicted octanol–water partition coefficient (Wildman–Crippen LogP) is 3.13. The fourth-order valence-electron chi connectivity index (χ4n) is 1.38. The quantitative estimate of drug-likeness (QED) is 0.605. The highest BCUT2D eigenvalue weighted by atomic mass is 15.1. The molecule has 0 aliphatic carbocycles. The van der Waals surface area contributed by atoms with Gasteiger partial charge in [0.05, 0.1) is 6.57 Å². The van der Waals surface area contributed by atoms with Crippen LogP contribution in [0.3, 0.4) is 0 Å². The minimum atomic E-state index is 0.685. The summed E-state index contributed by atoms with van der Waals surface area (Å²) in [6.07, 6.45) is 8.17. The summed E-state index contributed by atoms with van der Waals surface area (Å²) < 4.78 is 0. The van der Waals surface area contributed by atoms with Crippen molar-refractivity contribution < 1.29 is 0 Å². The molecule has 2 rings (SSSR count). The van der Waals surface area contributed by atoms with Crippen LogP contribution in [-0.4, -0.2) is 6.54 Å².